The van der Waals surface area contributed by atoms with Gasteiger partial charge >= 0.3 is 0 Å². The van der Waals surface area contributed by atoms with Crippen LogP contribution in [0.5, 0.6) is 0 Å². The fourth-order valence-electron chi connectivity index (χ4n) is 3.39. The molecule has 0 saturated carbocycles. The van der Waals surface area contributed by atoms with Crippen molar-refractivity contribution in [2.45, 2.75) is 32.7 Å². The Hall–Kier alpha value is -1.32. The lowest BCUT2D eigenvalue weighted by Gasteiger charge is -2.35. The van der Waals surface area contributed by atoms with E-state index in [1.165, 1.54) is 29.3 Å². The lowest BCUT2D eigenvalue weighted by molar-refractivity contribution is 0.161. The largest absolute Gasteiger partial charge is 0.361 e. The number of hydrogen-bond acceptors (Lipinski definition) is 2. The van der Waals surface area contributed by atoms with Crippen LogP contribution in [0.3, 0.4) is 0 Å². The molecule has 1 fully saturated rings. The van der Waals surface area contributed by atoms with E-state index in [1.807, 2.05) is 0 Å². The van der Waals surface area contributed by atoms with E-state index >= 15 is 0 Å². The lowest BCUT2D eigenvalue weighted by atomic mass is 9.95. The average molecular weight is 285 g/mol. The molecule has 0 bridgehead atoms. The van der Waals surface area contributed by atoms with E-state index < -0.39 is 0 Å². The van der Waals surface area contributed by atoms with E-state index in [2.05, 4.69) is 59.5 Å². The van der Waals surface area contributed by atoms with E-state index in [0.29, 0.717) is 6.04 Å². The Morgan fingerprint density at radius 2 is 1.86 bits per heavy atom. The second-order valence-electron chi connectivity index (χ2n) is 6.56. The van der Waals surface area contributed by atoms with Crippen LogP contribution in [-0.2, 0) is 0 Å². The van der Waals surface area contributed by atoms with Gasteiger partial charge in [-0.2, -0.15) is 0 Å². The van der Waals surface area contributed by atoms with Crippen molar-refractivity contribution in [2.24, 2.45) is 5.92 Å². The molecule has 0 unspecified atom stereocenters. The molecule has 1 aromatic carbocycles. The summed E-state index contributed by atoms with van der Waals surface area (Å²) in [6.07, 6.45) is 4.77. The molecule has 1 atom stereocenters. The van der Waals surface area contributed by atoms with Gasteiger partial charge < -0.3 is 10.3 Å². The number of aromatic nitrogens is 1. The summed E-state index contributed by atoms with van der Waals surface area (Å²) in [5, 5.41) is 4.86. The van der Waals surface area contributed by atoms with Crippen molar-refractivity contribution in [2.75, 3.05) is 26.2 Å². The molecular weight excluding hydrogens is 258 g/mol. The highest BCUT2D eigenvalue weighted by atomic mass is 15.2. The molecule has 0 radical (unpaired) electrons. The molecular formula is C18H27N3. The predicted octanol–water partition coefficient (Wildman–Crippen LogP) is 3.55. The third-order valence-corrected chi connectivity index (χ3v) is 4.59. The van der Waals surface area contributed by atoms with Crippen LogP contribution in [0, 0.1) is 5.92 Å². The van der Waals surface area contributed by atoms with Gasteiger partial charge in [0.1, 0.15) is 0 Å². The van der Waals surface area contributed by atoms with Gasteiger partial charge in [-0.05, 0) is 30.4 Å². The summed E-state index contributed by atoms with van der Waals surface area (Å²) in [5.41, 5.74) is 2.74. The van der Waals surface area contributed by atoms with Crippen LogP contribution in [0.2, 0.25) is 0 Å². The number of benzene rings is 1. The molecule has 114 valence electrons. The molecule has 0 aliphatic carbocycles. The van der Waals surface area contributed by atoms with Gasteiger partial charge in [-0.1, -0.05) is 32.0 Å². The van der Waals surface area contributed by atoms with Gasteiger partial charge in [-0.15, -0.1) is 0 Å². The Balaban J connectivity index is 1.89. The topological polar surface area (TPSA) is 31.1 Å². The number of fused-ring (bicyclic) bond motifs is 1. The molecule has 1 aromatic heterocycles. The SMILES string of the molecule is CC(C)CC[C@H](c1c[nH]c2ccccc12)N1CCNCC1. The predicted molar refractivity (Wildman–Crippen MR) is 89.6 cm³/mol. The standard InChI is InChI=1S/C18H27N3/c1-14(2)7-8-18(21-11-9-19-10-12-21)16-13-20-17-6-4-3-5-15(16)17/h3-6,13-14,18-20H,7-12H2,1-2H3/t18-/m1/s1. The highest BCUT2D eigenvalue weighted by Crippen LogP contribution is 2.32. The second kappa shape index (κ2) is 6.63. The zero-order chi connectivity index (χ0) is 14.7. The quantitative estimate of drug-likeness (QED) is 0.880. The summed E-state index contributed by atoms with van der Waals surface area (Å²) in [7, 11) is 0. The molecule has 2 N–H and O–H groups in total. The number of H-pyrrole nitrogens is 1. The molecule has 1 aliphatic rings. The monoisotopic (exact) mass is 285 g/mol. The van der Waals surface area contributed by atoms with E-state index in [9.17, 15) is 0 Å². The van der Waals surface area contributed by atoms with Crippen LogP contribution in [0.4, 0.5) is 0 Å². The van der Waals surface area contributed by atoms with Crippen molar-refractivity contribution in [1.29, 1.82) is 0 Å². The third-order valence-electron chi connectivity index (χ3n) is 4.59. The fraction of sp³-hybridized carbons (Fsp3) is 0.556. The Kier molecular flexibility index (Phi) is 4.61. The second-order valence-corrected chi connectivity index (χ2v) is 6.56. The zero-order valence-electron chi connectivity index (χ0n) is 13.2. The van der Waals surface area contributed by atoms with Crippen LogP contribution >= 0.6 is 0 Å². The Morgan fingerprint density at radius 3 is 2.62 bits per heavy atom. The minimum absolute atomic E-state index is 0.547. The summed E-state index contributed by atoms with van der Waals surface area (Å²) in [6.45, 7) is 9.18. The van der Waals surface area contributed by atoms with Crippen LogP contribution in [-0.4, -0.2) is 36.1 Å². The average Bonchev–Trinajstić information content (AvgIpc) is 2.93. The first-order valence-corrected chi connectivity index (χ1v) is 8.26. The Bertz CT molecular complexity index is 567. The van der Waals surface area contributed by atoms with Crippen LogP contribution in [0.15, 0.2) is 30.5 Å². The maximum absolute atomic E-state index is 3.47. The number of para-hydroxylation sites is 1. The van der Waals surface area contributed by atoms with Crippen molar-refractivity contribution in [3.05, 3.63) is 36.0 Å². The van der Waals surface area contributed by atoms with Gasteiger partial charge in [0.05, 0.1) is 0 Å². The molecule has 1 aliphatic heterocycles. The highest BCUT2D eigenvalue weighted by Gasteiger charge is 2.24. The van der Waals surface area contributed by atoms with E-state index in [-0.39, 0.29) is 0 Å². The zero-order valence-corrected chi connectivity index (χ0v) is 13.2. The highest BCUT2D eigenvalue weighted by molar-refractivity contribution is 5.83. The van der Waals surface area contributed by atoms with Crippen molar-refractivity contribution in [3.8, 4) is 0 Å². The number of nitrogens with zero attached hydrogens (tertiary/aromatic N) is 1. The molecule has 3 nitrogen and oxygen atoms in total. The summed E-state index contributed by atoms with van der Waals surface area (Å²) < 4.78 is 0. The van der Waals surface area contributed by atoms with Gasteiger partial charge in [0.2, 0.25) is 0 Å². The van der Waals surface area contributed by atoms with Crippen molar-refractivity contribution in [3.63, 3.8) is 0 Å². The van der Waals surface area contributed by atoms with Crippen molar-refractivity contribution < 1.29 is 0 Å². The van der Waals surface area contributed by atoms with Gasteiger partial charge in [0.25, 0.3) is 0 Å². The molecule has 1 saturated heterocycles. The number of aromatic amines is 1. The van der Waals surface area contributed by atoms with Crippen LogP contribution in [0.25, 0.3) is 10.9 Å². The molecule has 0 spiro atoms. The fourth-order valence-corrected chi connectivity index (χ4v) is 3.39. The van der Waals surface area contributed by atoms with Crippen LogP contribution in [0.1, 0.15) is 38.3 Å². The van der Waals surface area contributed by atoms with E-state index in [0.717, 1.165) is 32.1 Å². The summed E-state index contributed by atoms with van der Waals surface area (Å²) in [5.74, 6) is 0.764. The van der Waals surface area contributed by atoms with Gasteiger partial charge in [-0.25, -0.2) is 0 Å². The lowest BCUT2D eigenvalue weighted by Crippen LogP contribution is -2.45. The summed E-state index contributed by atoms with van der Waals surface area (Å²) in [6, 6.07) is 9.24. The first kappa shape index (κ1) is 14.6. The number of piperazine rings is 1. The van der Waals surface area contributed by atoms with Crippen molar-refractivity contribution >= 4 is 10.9 Å². The van der Waals surface area contributed by atoms with E-state index in [4.69, 9.17) is 0 Å². The normalized spacial score (nSPS) is 18.4. The molecule has 21 heavy (non-hydrogen) atoms. The Labute approximate surface area is 127 Å². The third kappa shape index (κ3) is 3.30. The summed E-state index contributed by atoms with van der Waals surface area (Å²) >= 11 is 0. The minimum atomic E-state index is 0.547. The Morgan fingerprint density at radius 1 is 1.10 bits per heavy atom. The molecule has 3 heteroatoms. The first-order valence-electron chi connectivity index (χ1n) is 8.26. The first-order chi connectivity index (χ1) is 10.3. The van der Waals surface area contributed by atoms with Crippen LogP contribution < -0.4 is 5.32 Å². The number of rotatable bonds is 5. The molecule has 2 heterocycles. The van der Waals surface area contributed by atoms with Gasteiger partial charge in [0.15, 0.2) is 0 Å². The van der Waals surface area contributed by atoms with Gasteiger partial charge in [0, 0.05) is 49.3 Å². The van der Waals surface area contributed by atoms with Gasteiger partial charge in [-0.3, -0.25) is 4.90 Å². The molecule has 0 amide bonds. The number of nitrogens with one attached hydrogen (secondary N) is 2. The summed E-state index contributed by atoms with van der Waals surface area (Å²) in [4.78, 5) is 6.11. The number of hydrogen-bond donors (Lipinski definition) is 2. The molecule has 2 aromatic rings. The molecule has 3 rings (SSSR count). The smallest absolute Gasteiger partial charge is 0.0457 e. The maximum Gasteiger partial charge on any atom is 0.0457 e. The minimum Gasteiger partial charge on any atom is -0.361 e. The van der Waals surface area contributed by atoms with Crippen molar-refractivity contribution in [1.82, 2.24) is 15.2 Å². The van der Waals surface area contributed by atoms with E-state index in [1.54, 1.807) is 0 Å². The maximum atomic E-state index is 3.47.